The van der Waals surface area contributed by atoms with E-state index in [2.05, 4.69) is 67.8 Å². The Bertz CT molecular complexity index is 243. The van der Waals surface area contributed by atoms with Crippen LogP contribution >= 0.6 is 0 Å². The Morgan fingerprint density at radius 3 is 1.42 bits per heavy atom. The molecule has 0 heterocycles. The Morgan fingerprint density at radius 1 is 0.789 bits per heavy atom. The van der Waals surface area contributed by atoms with Crippen molar-refractivity contribution >= 4 is 6.01 Å². The van der Waals surface area contributed by atoms with Gasteiger partial charge < -0.3 is 9.80 Å². The van der Waals surface area contributed by atoms with Crippen LogP contribution in [-0.4, -0.2) is 70.2 Å². The average molecular weight is 268 g/mol. The van der Waals surface area contributed by atoms with Gasteiger partial charge >= 0.3 is 0 Å². The van der Waals surface area contributed by atoms with Crippen molar-refractivity contribution in [2.75, 3.05) is 54.4 Å². The Morgan fingerprint density at radius 2 is 1.16 bits per heavy atom. The van der Waals surface area contributed by atoms with E-state index in [0.717, 1.165) is 39.0 Å². The second kappa shape index (κ2) is 11.2. The summed E-state index contributed by atoms with van der Waals surface area (Å²) in [5.41, 5.74) is 0. The molecule has 0 amide bonds. The van der Waals surface area contributed by atoms with Crippen molar-refractivity contribution in [1.82, 2.24) is 9.80 Å². The van der Waals surface area contributed by atoms with Crippen molar-refractivity contribution in [2.24, 2.45) is 21.8 Å². The lowest BCUT2D eigenvalue weighted by Crippen LogP contribution is -2.23. The molecule has 0 spiro atoms. The zero-order valence-electron chi connectivity index (χ0n) is 13.7. The van der Waals surface area contributed by atoms with Crippen molar-refractivity contribution in [1.29, 1.82) is 0 Å². The summed E-state index contributed by atoms with van der Waals surface area (Å²) in [7, 11) is 8.42. The van der Waals surface area contributed by atoms with Crippen LogP contribution in [0.1, 0.15) is 26.7 Å². The molecule has 0 rings (SSSR count). The standard InChI is InChI=1S/C15H32N4/c1-7-14(11-18(3)4)9-16-13-17-10-15(8-2)12-19(5)6/h14-15H,7-12H2,1-6H3. The van der Waals surface area contributed by atoms with Crippen molar-refractivity contribution in [2.45, 2.75) is 26.7 Å². The van der Waals surface area contributed by atoms with Gasteiger partial charge in [0.15, 0.2) is 0 Å². The molecule has 2 unspecified atom stereocenters. The fourth-order valence-electron chi connectivity index (χ4n) is 2.05. The van der Waals surface area contributed by atoms with Crippen LogP contribution in [0.2, 0.25) is 0 Å². The van der Waals surface area contributed by atoms with E-state index in [1.165, 1.54) is 0 Å². The molecule has 0 aromatic carbocycles. The van der Waals surface area contributed by atoms with Crippen LogP contribution in [0.4, 0.5) is 0 Å². The molecule has 0 saturated carbocycles. The molecule has 0 bridgehead atoms. The second-order valence-electron chi connectivity index (χ2n) is 5.85. The molecule has 2 atom stereocenters. The van der Waals surface area contributed by atoms with E-state index in [1.54, 1.807) is 0 Å². The van der Waals surface area contributed by atoms with Gasteiger partial charge in [0.2, 0.25) is 0 Å². The highest BCUT2D eigenvalue weighted by molar-refractivity contribution is 5.41. The molecule has 4 heteroatoms. The molecule has 0 fully saturated rings. The Labute approximate surface area is 119 Å². The van der Waals surface area contributed by atoms with E-state index in [-0.39, 0.29) is 0 Å². The first-order valence-corrected chi connectivity index (χ1v) is 7.36. The molecular weight excluding hydrogens is 236 g/mol. The maximum absolute atomic E-state index is 4.32. The number of nitrogens with zero attached hydrogens (tertiary/aromatic N) is 4. The van der Waals surface area contributed by atoms with Gasteiger partial charge in [-0.25, -0.2) is 9.98 Å². The molecule has 0 aromatic heterocycles. The molecular formula is C15H32N4. The number of hydrogen-bond donors (Lipinski definition) is 0. The third-order valence-electron chi connectivity index (χ3n) is 3.24. The molecule has 19 heavy (non-hydrogen) atoms. The van der Waals surface area contributed by atoms with E-state index in [0.29, 0.717) is 11.8 Å². The lowest BCUT2D eigenvalue weighted by atomic mass is 10.1. The second-order valence-corrected chi connectivity index (χ2v) is 5.85. The maximum atomic E-state index is 4.32. The van der Waals surface area contributed by atoms with E-state index in [4.69, 9.17) is 0 Å². The molecule has 0 N–H and O–H groups in total. The van der Waals surface area contributed by atoms with Gasteiger partial charge in [0.1, 0.15) is 0 Å². The Kier molecular flexibility index (Phi) is 10.7. The van der Waals surface area contributed by atoms with Crippen LogP contribution in [0.15, 0.2) is 9.98 Å². The number of rotatable bonds is 10. The lowest BCUT2D eigenvalue weighted by molar-refractivity contribution is 0.322. The van der Waals surface area contributed by atoms with Crippen LogP contribution in [-0.2, 0) is 0 Å². The monoisotopic (exact) mass is 268 g/mol. The SMILES string of the molecule is CCC(CN=C=NCC(CC)CN(C)C)CN(C)C. The first-order chi connectivity index (χ1) is 8.99. The minimum atomic E-state index is 0.612. The highest BCUT2D eigenvalue weighted by atomic mass is 15.1. The van der Waals surface area contributed by atoms with Crippen molar-refractivity contribution in [3.05, 3.63) is 0 Å². The largest absolute Gasteiger partial charge is 0.309 e. The van der Waals surface area contributed by atoms with E-state index >= 15 is 0 Å². The minimum absolute atomic E-state index is 0.612. The van der Waals surface area contributed by atoms with Gasteiger partial charge in [-0.05, 0) is 40.0 Å². The summed E-state index contributed by atoms with van der Waals surface area (Å²) < 4.78 is 0. The van der Waals surface area contributed by atoms with Gasteiger partial charge in [0.25, 0.3) is 0 Å². The fourth-order valence-corrected chi connectivity index (χ4v) is 2.05. The smallest absolute Gasteiger partial charge is 0.0892 e. The van der Waals surface area contributed by atoms with E-state index in [9.17, 15) is 0 Å². The van der Waals surface area contributed by atoms with Gasteiger partial charge in [0.05, 0.1) is 19.1 Å². The summed E-state index contributed by atoms with van der Waals surface area (Å²) in [5.74, 6) is 1.22. The van der Waals surface area contributed by atoms with Gasteiger partial charge in [-0.1, -0.05) is 26.7 Å². The zero-order chi connectivity index (χ0) is 14.7. The van der Waals surface area contributed by atoms with Gasteiger partial charge in [-0.15, -0.1) is 0 Å². The molecule has 0 aromatic rings. The molecule has 0 aliphatic carbocycles. The molecule has 0 saturated heterocycles. The van der Waals surface area contributed by atoms with Crippen molar-refractivity contribution in [3.63, 3.8) is 0 Å². The van der Waals surface area contributed by atoms with Crippen LogP contribution in [0.3, 0.4) is 0 Å². The molecule has 0 aliphatic heterocycles. The molecule has 0 aliphatic rings. The summed E-state index contributed by atoms with van der Waals surface area (Å²) in [4.78, 5) is 13.1. The molecule has 112 valence electrons. The fraction of sp³-hybridized carbons (Fsp3) is 0.933. The first-order valence-electron chi connectivity index (χ1n) is 7.36. The predicted molar refractivity (Wildman–Crippen MR) is 84.3 cm³/mol. The Hall–Kier alpha value is -0.700. The summed E-state index contributed by atoms with van der Waals surface area (Å²) in [6, 6.07) is 2.87. The number of aliphatic imine (C=N–C) groups is 2. The van der Waals surface area contributed by atoms with Gasteiger partial charge in [-0.2, -0.15) is 0 Å². The maximum Gasteiger partial charge on any atom is 0.0892 e. The zero-order valence-corrected chi connectivity index (χ0v) is 13.7. The van der Waals surface area contributed by atoms with E-state index < -0.39 is 0 Å². The molecule has 4 nitrogen and oxygen atoms in total. The Balaban J connectivity index is 4.05. The third-order valence-corrected chi connectivity index (χ3v) is 3.24. The highest BCUT2D eigenvalue weighted by Crippen LogP contribution is 2.05. The molecule has 0 radical (unpaired) electrons. The summed E-state index contributed by atoms with van der Waals surface area (Å²) in [5, 5.41) is 0. The van der Waals surface area contributed by atoms with E-state index in [1.807, 2.05) is 0 Å². The third kappa shape index (κ3) is 10.9. The average Bonchev–Trinajstić information content (AvgIpc) is 2.34. The van der Waals surface area contributed by atoms with Gasteiger partial charge in [-0.3, -0.25) is 0 Å². The number of hydrogen-bond acceptors (Lipinski definition) is 4. The lowest BCUT2D eigenvalue weighted by Gasteiger charge is -2.17. The summed E-state index contributed by atoms with van der Waals surface area (Å²) in [6.45, 7) is 8.27. The summed E-state index contributed by atoms with van der Waals surface area (Å²) >= 11 is 0. The quantitative estimate of drug-likeness (QED) is 0.569. The van der Waals surface area contributed by atoms with Crippen LogP contribution in [0, 0.1) is 11.8 Å². The van der Waals surface area contributed by atoms with Crippen LogP contribution < -0.4 is 0 Å². The van der Waals surface area contributed by atoms with Gasteiger partial charge in [0, 0.05) is 13.1 Å². The van der Waals surface area contributed by atoms with Crippen LogP contribution in [0.25, 0.3) is 0 Å². The van der Waals surface area contributed by atoms with Crippen LogP contribution in [0.5, 0.6) is 0 Å². The summed E-state index contributed by atoms with van der Waals surface area (Å²) in [6.07, 6.45) is 2.31. The highest BCUT2D eigenvalue weighted by Gasteiger charge is 2.07. The predicted octanol–water partition coefficient (Wildman–Crippen LogP) is 2.34. The minimum Gasteiger partial charge on any atom is -0.309 e. The van der Waals surface area contributed by atoms with Crippen molar-refractivity contribution in [3.8, 4) is 0 Å². The normalized spacial score (nSPS) is 14.3. The van der Waals surface area contributed by atoms with Crippen molar-refractivity contribution < 1.29 is 0 Å². The first kappa shape index (κ1) is 18.3. The topological polar surface area (TPSA) is 31.2 Å².